The van der Waals surface area contributed by atoms with Gasteiger partial charge in [0.1, 0.15) is 5.82 Å². The van der Waals surface area contributed by atoms with Gasteiger partial charge in [-0.3, -0.25) is 0 Å². The maximum absolute atomic E-state index is 10.6. The van der Waals surface area contributed by atoms with Crippen molar-refractivity contribution < 1.29 is 23.1 Å². The zero-order valence-electron chi connectivity index (χ0n) is 17.0. The van der Waals surface area contributed by atoms with E-state index in [9.17, 15) is 13.2 Å². The monoisotopic (exact) mass is 433 g/mol. The summed E-state index contributed by atoms with van der Waals surface area (Å²) in [6, 6.07) is 10.5. The Hall–Kier alpha value is -3.43. The van der Waals surface area contributed by atoms with Crippen LogP contribution in [0, 0.1) is 6.92 Å². The predicted octanol–water partition coefficient (Wildman–Crippen LogP) is 4.31. The molecule has 7 nitrogen and oxygen atoms in total. The number of aliphatic carboxylic acids is 1. The summed E-state index contributed by atoms with van der Waals surface area (Å²) < 4.78 is 33.7. The highest BCUT2D eigenvalue weighted by Crippen LogP contribution is 2.40. The summed E-state index contributed by atoms with van der Waals surface area (Å²) in [4.78, 5) is 22.7. The number of aryl methyl sites for hydroxylation is 2. The molecule has 0 aliphatic heterocycles. The van der Waals surface area contributed by atoms with Crippen molar-refractivity contribution in [3.8, 4) is 11.6 Å². The third-order valence-electron chi connectivity index (χ3n) is 4.73. The number of nitrogens with zero attached hydrogens (tertiary/aromatic N) is 4. The Morgan fingerprint density at radius 2 is 1.94 bits per heavy atom. The fourth-order valence-electron chi connectivity index (χ4n) is 2.82. The van der Waals surface area contributed by atoms with Gasteiger partial charge >= 0.3 is 12.1 Å². The Bertz CT molecular complexity index is 1060. The first kappa shape index (κ1) is 22.3. The highest BCUT2D eigenvalue weighted by Gasteiger charge is 2.38. The molecule has 0 spiro atoms. The van der Waals surface area contributed by atoms with E-state index >= 15 is 0 Å². The zero-order valence-corrected chi connectivity index (χ0v) is 17.0. The van der Waals surface area contributed by atoms with Crippen molar-refractivity contribution in [3.63, 3.8) is 0 Å². The average molecular weight is 433 g/mol. The molecule has 1 fully saturated rings. The molecule has 2 aromatic heterocycles. The summed E-state index contributed by atoms with van der Waals surface area (Å²) in [5.74, 6) is 0.183. The second-order valence-electron chi connectivity index (χ2n) is 7.22. The van der Waals surface area contributed by atoms with Crippen LogP contribution >= 0.6 is 0 Å². The Morgan fingerprint density at radius 1 is 1.26 bits per heavy atom. The topological polar surface area (TPSA) is 92.9 Å². The molecular weight excluding hydrogens is 411 g/mol. The van der Waals surface area contributed by atoms with Crippen LogP contribution in [0.4, 0.5) is 19.0 Å². The molecule has 1 aliphatic carbocycles. The van der Waals surface area contributed by atoms with Gasteiger partial charge in [-0.15, -0.1) is 0 Å². The highest BCUT2D eigenvalue weighted by molar-refractivity contribution is 5.73. The zero-order chi connectivity index (χ0) is 22.6. The molecule has 1 saturated carbocycles. The number of hydrogen-bond donors (Lipinski definition) is 2. The van der Waals surface area contributed by atoms with Crippen molar-refractivity contribution in [2.45, 2.75) is 38.4 Å². The number of imidazole rings is 1. The molecule has 0 atom stereocenters. The third-order valence-corrected chi connectivity index (χ3v) is 4.73. The number of aromatic nitrogens is 4. The molecule has 4 rings (SSSR count). The molecule has 31 heavy (non-hydrogen) atoms. The van der Waals surface area contributed by atoms with E-state index in [1.807, 2.05) is 17.8 Å². The molecule has 0 unspecified atom stereocenters. The predicted molar refractivity (Wildman–Crippen MR) is 108 cm³/mol. The minimum atomic E-state index is -5.08. The van der Waals surface area contributed by atoms with Gasteiger partial charge in [-0.25, -0.2) is 19.7 Å². The number of hydrogen-bond acceptors (Lipinski definition) is 5. The summed E-state index contributed by atoms with van der Waals surface area (Å²) in [6.45, 7) is 2.89. The van der Waals surface area contributed by atoms with Crippen LogP contribution in [0.5, 0.6) is 0 Å². The number of nitrogens with one attached hydrogen (secondary N) is 1. The first-order valence-corrected chi connectivity index (χ1v) is 9.60. The number of carbonyl (C=O) groups is 1. The standard InChI is InChI=1S/C19H21N5.C2HF3O2/c1-13-5-3-4-6-15(13)12-21-17-11-16(14-7-8-14)22-18(23-17)19-20-9-10-24(19)2;3-2(4,5)1(6)7/h3-6,9-11,14H,7-8,12H2,1-2H3,(H,21,22,23);(H,6,7). The van der Waals surface area contributed by atoms with E-state index in [4.69, 9.17) is 14.9 Å². The number of rotatable bonds is 5. The molecule has 2 heterocycles. The minimum absolute atomic E-state index is 0.575. The largest absolute Gasteiger partial charge is 0.490 e. The number of carboxylic acid groups (broad SMARTS) is 1. The fraction of sp³-hybridized carbons (Fsp3) is 0.333. The van der Waals surface area contributed by atoms with Crippen molar-refractivity contribution in [3.05, 3.63) is 59.5 Å². The molecule has 0 bridgehead atoms. The summed E-state index contributed by atoms with van der Waals surface area (Å²) in [7, 11) is 1.97. The van der Waals surface area contributed by atoms with Crippen LogP contribution in [0.2, 0.25) is 0 Å². The van der Waals surface area contributed by atoms with Crippen molar-refractivity contribution in [1.29, 1.82) is 0 Å². The van der Waals surface area contributed by atoms with Crippen molar-refractivity contribution in [2.75, 3.05) is 5.32 Å². The normalized spacial score (nSPS) is 13.3. The Morgan fingerprint density at radius 3 is 2.48 bits per heavy atom. The van der Waals surface area contributed by atoms with Gasteiger partial charge in [0, 0.05) is 43.7 Å². The van der Waals surface area contributed by atoms with Gasteiger partial charge in [0.25, 0.3) is 0 Å². The molecule has 3 aromatic rings. The SMILES string of the molecule is Cc1ccccc1CNc1cc(C2CC2)nc(-c2nccn2C)n1.O=C(O)C(F)(F)F. The van der Waals surface area contributed by atoms with Gasteiger partial charge in [-0.1, -0.05) is 24.3 Å². The summed E-state index contributed by atoms with van der Waals surface area (Å²) in [5.41, 5.74) is 3.68. The fourth-order valence-corrected chi connectivity index (χ4v) is 2.82. The van der Waals surface area contributed by atoms with Gasteiger partial charge in [-0.2, -0.15) is 13.2 Å². The lowest BCUT2D eigenvalue weighted by molar-refractivity contribution is -0.192. The molecule has 10 heteroatoms. The van der Waals surface area contributed by atoms with E-state index in [0.29, 0.717) is 11.7 Å². The van der Waals surface area contributed by atoms with Crippen molar-refractivity contribution in [2.24, 2.45) is 7.05 Å². The second-order valence-corrected chi connectivity index (χ2v) is 7.22. The molecule has 0 saturated heterocycles. The lowest BCUT2D eigenvalue weighted by Gasteiger charge is -2.11. The van der Waals surface area contributed by atoms with Crippen LogP contribution in [0.25, 0.3) is 11.6 Å². The number of halogens is 3. The van der Waals surface area contributed by atoms with Crippen LogP contribution in [0.1, 0.15) is 35.6 Å². The van der Waals surface area contributed by atoms with Crippen molar-refractivity contribution >= 4 is 11.8 Å². The Labute approximate surface area is 177 Å². The van der Waals surface area contributed by atoms with Crippen LogP contribution in [-0.2, 0) is 18.4 Å². The van der Waals surface area contributed by atoms with Gasteiger partial charge < -0.3 is 15.0 Å². The maximum atomic E-state index is 10.6. The third kappa shape index (κ3) is 6.03. The van der Waals surface area contributed by atoms with Gasteiger partial charge in [0.05, 0.1) is 0 Å². The van der Waals surface area contributed by atoms with Crippen LogP contribution in [0.15, 0.2) is 42.7 Å². The molecule has 0 radical (unpaired) electrons. The molecule has 0 amide bonds. The summed E-state index contributed by atoms with van der Waals surface area (Å²) in [5, 5.41) is 10.6. The Balaban J connectivity index is 0.000000339. The number of carboxylic acids is 1. The maximum Gasteiger partial charge on any atom is 0.490 e. The molecule has 164 valence electrons. The van der Waals surface area contributed by atoms with Crippen LogP contribution < -0.4 is 5.32 Å². The average Bonchev–Trinajstić information content (AvgIpc) is 3.48. The molecule has 2 N–H and O–H groups in total. The van der Waals surface area contributed by atoms with Crippen molar-refractivity contribution in [1.82, 2.24) is 19.5 Å². The van der Waals surface area contributed by atoms with Gasteiger partial charge in [0.2, 0.25) is 0 Å². The van der Waals surface area contributed by atoms with E-state index in [1.165, 1.54) is 24.0 Å². The Kier molecular flexibility index (Phi) is 6.57. The number of alkyl halides is 3. The number of anilines is 1. The lowest BCUT2D eigenvalue weighted by atomic mass is 10.1. The molecular formula is C21H22F3N5O2. The first-order valence-electron chi connectivity index (χ1n) is 9.60. The number of benzene rings is 1. The molecule has 1 aromatic carbocycles. The van der Waals surface area contributed by atoms with Gasteiger partial charge in [-0.05, 0) is 30.9 Å². The van der Waals surface area contributed by atoms with Gasteiger partial charge in [0.15, 0.2) is 11.6 Å². The first-order chi connectivity index (χ1) is 14.6. The van der Waals surface area contributed by atoms with E-state index in [0.717, 1.165) is 23.9 Å². The van der Waals surface area contributed by atoms with Crippen LogP contribution in [0.3, 0.4) is 0 Å². The van der Waals surface area contributed by atoms with Crippen LogP contribution in [-0.4, -0.2) is 36.8 Å². The quantitative estimate of drug-likeness (QED) is 0.623. The van der Waals surface area contributed by atoms with E-state index in [1.54, 1.807) is 6.20 Å². The molecule has 1 aliphatic rings. The second kappa shape index (κ2) is 9.15. The summed E-state index contributed by atoms with van der Waals surface area (Å²) in [6.07, 6.45) is 1.05. The summed E-state index contributed by atoms with van der Waals surface area (Å²) >= 11 is 0. The van der Waals surface area contributed by atoms with E-state index in [-0.39, 0.29) is 0 Å². The lowest BCUT2D eigenvalue weighted by Crippen LogP contribution is -2.21. The van der Waals surface area contributed by atoms with E-state index in [2.05, 4.69) is 52.5 Å². The smallest absolute Gasteiger partial charge is 0.475 e. The minimum Gasteiger partial charge on any atom is -0.475 e. The highest BCUT2D eigenvalue weighted by atomic mass is 19.4. The van der Waals surface area contributed by atoms with E-state index < -0.39 is 12.1 Å².